The quantitative estimate of drug-likeness (QED) is 0.189. The van der Waals surface area contributed by atoms with E-state index in [1.807, 2.05) is 38.1 Å². The molecule has 2 saturated carbocycles. The summed E-state index contributed by atoms with van der Waals surface area (Å²) in [5.41, 5.74) is 2.85. The first kappa shape index (κ1) is 27.7. The van der Waals surface area contributed by atoms with E-state index in [0.717, 1.165) is 72.3 Å². The lowest BCUT2D eigenvalue weighted by Gasteiger charge is -2.51. The summed E-state index contributed by atoms with van der Waals surface area (Å²) in [6.45, 7) is 5.21. The van der Waals surface area contributed by atoms with Crippen molar-refractivity contribution in [1.82, 2.24) is 15.1 Å². The minimum atomic E-state index is -0.281. The van der Waals surface area contributed by atoms with Gasteiger partial charge in [0.15, 0.2) is 0 Å². The Morgan fingerprint density at radius 3 is 2.55 bits per heavy atom. The second kappa shape index (κ2) is 10.9. The van der Waals surface area contributed by atoms with Crippen molar-refractivity contribution in [2.75, 3.05) is 13.2 Å². The van der Waals surface area contributed by atoms with E-state index in [-0.39, 0.29) is 17.1 Å². The first-order valence-corrected chi connectivity index (χ1v) is 15.4. The van der Waals surface area contributed by atoms with E-state index in [1.54, 1.807) is 18.6 Å². The Kier molecular flexibility index (Phi) is 7.16. The number of nitrogens with zero attached hydrogens (tertiary/aromatic N) is 3. The molecule has 2 saturated heterocycles. The van der Waals surface area contributed by atoms with E-state index in [1.165, 1.54) is 0 Å². The molecule has 0 spiro atoms. The van der Waals surface area contributed by atoms with Crippen LogP contribution in [0.25, 0.3) is 28.2 Å². The molecule has 5 heterocycles. The van der Waals surface area contributed by atoms with Crippen molar-refractivity contribution in [3.05, 3.63) is 70.3 Å². The second-order valence-corrected chi connectivity index (χ2v) is 13.0. The van der Waals surface area contributed by atoms with Crippen molar-refractivity contribution in [2.24, 2.45) is 5.41 Å². The van der Waals surface area contributed by atoms with Gasteiger partial charge in [-0.15, -0.1) is 0 Å². The standard InChI is InChI=1S/C33H33Cl2N3O4/c1-20(2)41-28-8-14-37-27-6-5-22(15-24(27)28)39-19-33-12-10-32(11-13-33,18-40-33)9-7-23-30(38-42-31(23)21-3-4-21)29-25(34)16-36-17-26(29)35/h5-9,14-17,20-21H,3-4,10-13,18-19H2,1-2H3/b9-7+. The van der Waals surface area contributed by atoms with Gasteiger partial charge in [-0.25, -0.2) is 0 Å². The van der Waals surface area contributed by atoms with Gasteiger partial charge in [-0.05, 0) is 76.6 Å². The first-order valence-electron chi connectivity index (χ1n) is 14.6. The van der Waals surface area contributed by atoms with Gasteiger partial charge in [0.05, 0.1) is 28.3 Å². The molecule has 42 heavy (non-hydrogen) atoms. The van der Waals surface area contributed by atoms with Crippen LogP contribution in [-0.2, 0) is 4.74 Å². The average molecular weight is 607 g/mol. The molecule has 2 bridgehead atoms. The number of aromatic nitrogens is 3. The van der Waals surface area contributed by atoms with Crippen molar-refractivity contribution in [1.29, 1.82) is 0 Å². The second-order valence-electron chi connectivity index (χ2n) is 12.2. The van der Waals surface area contributed by atoms with Gasteiger partial charge in [0.1, 0.15) is 35.2 Å². The summed E-state index contributed by atoms with van der Waals surface area (Å²) in [4.78, 5) is 8.57. The van der Waals surface area contributed by atoms with Gasteiger partial charge in [0.25, 0.3) is 0 Å². The van der Waals surface area contributed by atoms with Crippen LogP contribution in [0.2, 0.25) is 10.0 Å². The maximum Gasteiger partial charge on any atom is 0.147 e. The maximum absolute atomic E-state index is 6.56. The normalized spacial score (nSPS) is 23.7. The number of ether oxygens (including phenoxy) is 3. The third-order valence-electron chi connectivity index (χ3n) is 8.76. The molecule has 8 rings (SSSR count). The molecule has 3 aromatic heterocycles. The van der Waals surface area contributed by atoms with Crippen molar-refractivity contribution < 1.29 is 18.7 Å². The van der Waals surface area contributed by atoms with Crippen LogP contribution < -0.4 is 9.47 Å². The monoisotopic (exact) mass is 605 g/mol. The molecule has 0 radical (unpaired) electrons. The molecule has 2 aliphatic heterocycles. The van der Waals surface area contributed by atoms with Crippen LogP contribution >= 0.6 is 23.2 Å². The van der Waals surface area contributed by atoms with E-state index in [2.05, 4.69) is 27.3 Å². The summed E-state index contributed by atoms with van der Waals surface area (Å²) >= 11 is 13.0. The Morgan fingerprint density at radius 1 is 1.07 bits per heavy atom. The number of benzene rings is 1. The third kappa shape index (κ3) is 5.27. The fourth-order valence-electron chi connectivity index (χ4n) is 6.14. The maximum atomic E-state index is 6.56. The Labute approximate surface area is 255 Å². The highest BCUT2D eigenvalue weighted by molar-refractivity contribution is 6.39. The molecule has 2 aliphatic carbocycles. The van der Waals surface area contributed by atoms with Crippen molar-refractivity contribution in [3.63, 3.8) is 0 Å². The predicted molar refractivity (Wildman–Crippen MR) is 163 cm³/mol. The number of pyridine rings is 2. The third-order valence-corrected chi connectivity index (χ3v) is 9.33. The van der Waals surface area contributed by atoms with Gasteiger partial charge < -0.3 is 18.7 Å². The van der Waals surface area contributed by atoms with E-state index < -0.39 is 0 Å². The van der Waals surface area contributed by atoms with Gasteiger partial charge in [-0.3, -0.25) is 9.97 Å². The molecule has 9 heteroatoms. The van der Waals surface area contributed by atoms with Crippen LogP contribution in [-0.4, -0.2) is 40.0 Å². The zero-order valence-electron chi connectivity index (χ0n) is 23.7. The Hall–Kier alpha value is -3.13. The topological polar surface area (TPSA) is 79.5 Å². The Balaban J connectivity index is 1.07. The molecule has 0 amide bonds. The fraction of sp³-hybridized carbons (Fsp3) is 0.424. The summed E-state index contributed by atoms with van der Waals surface area (Å²) in [5.74, 6) is 2.91. The largest absolute Gasteiger partial charge is 0.491 e. The van der Waals surface area contributed by atoms with Gasteiger partial charge in [-0.2, -0.15) is 0 Å². The van der Waals surface area contributed by atoms with Crippen molar-refractivity contribution in [3.8, 4) is 22.8 Å². The first-order chi connectivity index (χ1) is 20.3. The van der Waals surface area contributed by atoms with Gasteiger partial charge in [0.2, 0.25) is 0 Å². The smallest absolute Gasteiger partial charge is 0.147 e. The summed E-state index contributed by atoms with van der Waals surface area (Å²) in [6, 6.07) is 7.87. The van der Waals surface area contributed by atoms with Crippen LogP contribution in [0.1, 0.15) is 69.6 Å². The minimum absolute atomic E-state index is 0.0410. The zero-order chi connectivity index (χ0) is 28.9. The molecule has 0 atom stereocenters. The Morgan fingerprint density at radius 2 is 1.86 bits per heavy atom. The van der Waals surface area contributed by atoms with Crippen LogP contribution in [0.15, 0.2) is 53.5 Å². The lowest BCUT2D eigenvalue weighted by molar-refractivity contribution is -0.181. The van der Waals surface area contributed by atoms with Crippen LogP contribution in [0.5, 0.6) is 11.5 Å². The van der Waals surface area contributed by atoms with Crippen LogP contribution in [0.3, 0.4) is 0 Å². The molecule has 7 nitrogen and oxygen atoms in total. The number of hydrogen-bond acceptors (Lipinski definition) is 7. The molecule has 218 valence electrons. The molecule has 4 aromatic rings. The van der Waals surface area contributed by atoms with Crippen LogP contribution in [0.4, 0.5) is 0 Å². The lowest BCUT2D eigenvalue weighted by atomic mass is 9.66. The van der Waals surface area contributed by atoms with Crippen molar-refractivity contribution >= 4 is 40.2 Å². The van der Waals surface area contributed by atoms with E-state index in [4.69, 9.17) is 41.9 Å². The number of halogens is 2. The molecule has 0 unspecified atom stereocenters. The summed E-state index contributed by atoms with van der Waals surface area (Å²) in [5, 5.41) is 6.28. The Bertz CT molecular complexity index is 1620. The molecule has 1 aromatic carbocycles. The summed E-state index contributed by atoms with van der Waals surface area (Å²) in [7, 11) is 0. The molecular weight excluding hydrogens is 573 g/mol. The number of fused-ring (bicyclic) bond motifs is 4. The van der Waals surface area contributed by atoms with E-state index in [0.29, 0.717) is 40.4 Å². The van der Waals surface area contributed by atoms with Gasteiger partial charge >= 0.3 is 0 Å². The fourth-order valence-corrected chi connectivity index (χ4v) is 6.68. The average Bonchev–Trinajstić information content (AvgIpc) is 3.76. The summed E-state index contributed by atoms with van der Waals surface area (Å²) in [6.07, 6.45) is 15.6. The highest BCUT2D eigenvalue weighted by atomic mass is 35.5. The highest BCUT2D eigenvalue weighted by Crippen LogP contribution is 2.51. The molecule has 4 aliphatic rings. The molecule has 0 N–H and O–H groups in total. The number of hydrogen-bond donors (Lipinski definition) is 0. The zero-order valence-corrected chi connectivity index (χ0v) is 25.3. The number of rotatable bonds is 9. The van der Waals surface area contributed by atoms with E-state index in [9.17, 15) is 0 Å². The SMILES string of the molecule is CC(C)Oc1ccnc2ccc(OCC34CCC(/C=C/c5c(-c6c(Cl)cncc6Cl)noc5C5CC5)(CC3)CO4)cc12. The molecule has 4 fully saturated rings. The molecular formula is C33H33Cl2N3O4. The van der Waals surface area contributed by atoms with E-state index >= 15 is 0 Å². The van der Waals surface area contributed by atoms with Crippen molar-refractivity contribution in [2.45, 2.75) is 70.0 Å². The highest BCUT2D eigenvalue weighted by Gasteiger charge is 2.49. The van der Waals surface area contributed by atoms with Crippen LogP contribution in [0, 0.1) is 5.41 Å². The lowest BCUT2D eigenvalue weighted by Crippen LogP contribution is -2.53. The van der Waals surface area contributed by atoms with Gasteiger partial charge in [0, 0.05) is 46.4 Å². The predicted octanol–water partition coefficient (Wildman–Crippen LogP) is 8.68. The summed E-state index contributed by atoms with van der Waals surface area (Å²) < 4.78 is 24.8. The minimum Gasteiger partial charge on any atom is -0.491 e. The van der Waals surface area contributed by atoms with Gasteiger partial charge in [-0.1, -0.05) is 40.5 Å².